The number of carbonyl (C=O) groups excluding carboxylic acids is 4. The first-order valence-electron chi connectivity index (χ1n) is 19.9. The largest absolute Gasteiger partial charge is 0.343 e. The number of hydrogen-bond acceptors (Lipinski definition) is 8. The van der Waals surface area contributed by atoms with E-state index >= 15 is 0 Å². The van der Waals surface area contributed by atoms with Gasteiger partial charge in [0.15, 0.2) is 11.6 Å². The number of ketones is 2. The topological polar surface area (TPSA) is 131 Å². The monoisotopic (exact) mass is 729 g/mol. The summed E-state index contributed by atoms with van der Waals surface area (Å²) in [5.74, 6) is 0.355. The summed E-state index contributed by atoms with van der Waals surface area (Å²) in [5, 5.41) is 16.8. The molecular weight excluding hydrogens is 679 g/mol. The highest BCUT2D eigenvalue weighted by Gasteiger charge is 2.36. The number of piperidine rings is 3. The number of nitrogens with zero attached hydrogens (tertiary/aromatic N) is 6. The van der Waals surface area contributed by atoms with Gasteiger partial charge in [0.25, 0.3) is 0 Å². The van der Waals surface area contributed by atoms with E-state index in [1.807, 2.05) is 41.1 Å². The van der Waals surface area contributed by atoms with Crippen molar-refractivity contribution in [1.29, 1.82) is 0 Å². The van der Waals surface area contributed by atoms with Gasteiger partial charge in [0, 0.05) is 75.4 Å². The van der Waals surface area contributed by atoms with Gasteiger partial charge in [0.1, 0.15) is 5.71 Å². The smallest absolute Gasteiger partial charge is 0.226 e. The zero-order valence-electron chi connectivity index (χ0n) is 31.6. The van der Waals surface area contributed by atoms with Gasteiger partial charge in [-0.05, 0) is 111 Å². The normalized spacial score (nSPS) is 21.1. The van der Waals surface area contributed by atoms with Crippen LogP contribution in [0.5, 0.6) is 0 Å². The van der Waals surface area contributed by atoms with Crippen molar-refractivity contribution in [1.82, 2.24) is 24.9 Å². The van der Waals surface area contributed by atoms with Gasteiger partial charge in [-0.25, -0.2) is 0 Å². The van der Waals surface area contributed by atoms with Crippen molar-refractivity contribution in [3.63, 3.8) is 0 Å². The van der Waals surface area contributed by atoms with Crippen LogP contribution >= 0.6 is 0 Å². The molecule has 3 aromatic rings. The first-order chi connectivity index (χ1) is 26.2. The van der Waals surface area contributed by atoms with Gasteiger partial charge in [-0.3, -0.25) is 24.3 Å². The molecule has 5 heterocycles. The van der Waals surface area contributed by atoms with E-state index in [1.165, 1.54) is 0 Å². The standard InChI is InChI=1S/C43H51N7O4/c1-27-19-29(21-35-26-44-47-42(27)35)20-34(24-41(53)49-15-7-30(8-16-49)37-22-32-5-3-4-6-33(32)23-40(37)52)43(54)50-17-11-36(12-18-50)48-13-9-31(10-14-48)39-25-38(28(2)51)45-46-39/h3-6,19,21-22,26,30-31,34,36H,7-18,20,23-25H2,1-2H3,(H,44,47)/t34-/m0/s1. The molecule has 5 aliphatic rings. The Bertz CT molecular complexity index is 2040. The molecule has 11 heteroatoms. The molecule has 0 radical (unpaired) electrons. The summed E-state index contributed by atoms with van der Waals surface area (Å²) in [6.45, 7) is 8.14. The van der Waals surface area contributed by atoms with Gasteiger partial charge in [-0.1, -0.05) is 30.3 Å². The van der Waals surface area contributed by atoms with Crippen molar-refractivity contribution in [3.05, 3.63) is 70.4 Å². The van der Waals surface area contributed by atoms with Crippen LogP contribution in [0.3, 0.4) is 0 Å². The Balaban J connectivity index is 0.892. The third-order valence-corrected chi connectivity index (χ3v) is 12.7. The Morgan fingerprint density at radius 1 is 0.870 bits per heavy atom. The van der Waals surface area contributed by atoms with Crippen molar-refractivity contribution in [2.45, 2.75) is 84.1 Å². The molecule has 282 valence electrons. The van der Waals surface area contributed by atoms with Crippen molar-refractivity contribution >= 4 is 51.8 Å². The van der Waals surface area contributed by atoms with Gasteiger partial charge in [-0.15, -0.1) is 0 Å². The average Bonchev–Trinajstić information content (AvgIpc) is 3.89. The van der Waals surface area contributed by atoms with Crippen molar-refractivity contribution < 1.29 is 19.2 Å². The summed E-state index contributed by atoms with van der Waals surface area (Å²) < 4.78 is 0. The fourth-order valence-electron chi connectivity index (χ4n) is 9.54. The van der Waals surface area contributed by atoms with E-state index < -0.39 is 5.92 Å². The number of H-pyrrole nitrogens is 1. The molecule has 8 rings (SSSR count). The zero-order valence-corrected chi connectivity index (χ0v) is 31.6. The minimum absolute atomic E-state index is 0.00610. The molecule has 1 atom stereocenters. The lowest BCUT2D eigenvalue weighted by Gasteiger charge is -2.42. The van der Waals surface area contributed by atoms with Crippen LogP contribution in [0.2, 0.25) is 0 Å². The molecule has 1 aromatic heterocycles. The van der Waals surface area contributed by atoms with Crippen LogP contribution in [0.15, 0.2) is 58.4 Å². The van der Waals surface area contributed by atoms with Crippen LogP contribution in [0.25, 0.3) is 17.0 Å². The van der Waals surface area contributed by atoms with Crippen LogP contribution in [0, 0.1) is 24.7 Å². The lowest BCUT2D eigenvalue weighted by molar-refractivity contribution is -0.143. The van der Waals surface area contributed by atoms with Crippen LogP contribution in [-0.4, -0.2) is 105 Å². The molecule has 0 saturated carbocycles. The van der Waals surface area contributed by atoms with Crippen LogP contribution in [-0.2, 0) is 32.0 Å². The van der Waals surface area contributed by atoms with Crippen LogP contribution < -0.4 is 0 Å². The highest BCUT2D eigenvalue weighted by atomic mass is 16.2. The minimum Gasteiger partial charge on any atom is -0.343 e. The molecule has 1 N–H and O–H groups in total. The van der Waals surface area contributed by atoms with E-state index in [2.05, 4.69) is 49.6 Å². The number of rotatable bonds is 9. The van der Waals surface area contributed by atoms with Crippen LogP contribution in [0.1, 0.15) is 80.5 Å². The quantitative estimate of drug-likeness (QED) is 0.316. The van der Waals surface area contributed by atoms with Gasteiger partial charge >= 0.3 is 0 Å². The van der Waals surface area contributed by atoms with E-state index in [-0.39, 0.29) is 35.7 Å². The average molecular weight is 730 g/mol. The number of aryl methyl sites for hydroxylation is 1. The number of benzene rings is 2. The number of nitrogens with one attached hydrogen (secondary N) is 1. The number of allylic oxidation sites excluding steroid dienone is 1. The fraction of sp³-hybridized carbons (Fsp3) is 0.512. The summed E-state index contributed by atoms with van der Waals surface area (Å²) in [7, 11) is 0. The molecule has 1 aliphatic carbocycles. The highest BCUT2D eigenvalue weighted by Crippen LogP contribution is 2.33. The molecule has 11 nitrogen and oxygen atoms in total. The number of aromatic amines is 1. The molecule has 0 spiro atoms. The third kappa shape index (κ3) is 7.60. The maximum Gasteiger partial charge on any atom is 0.226 e. The fourth-order valence-corrected chi connectivity index (χ4v) is 9.54. The van der Waals surface area contributed by atoms with Gasteiger partial charge < -0.3 is 14.7 Å². The number of hydrogen-bond donors (Lipinski definition) is 1. The molecule has 2 aromatic carbocycles. The first-order valence-corrected chi connectivity index (χ1v) is 19.9. The third-order valence-electron chi connectivity index (χ3n) is 12.7. The van der Waals surface area contributed by atoms with Crippen LogP contribution in [0.4, 0.5) is 0 Å². The first kappa shape index (κ1) is 36.2. The lowest BCUT2D eigenvalue weighted by atomic mass is 9.80. The van der Waals surface area contributed by atoms with E-state index in [1.54, 1.807) is 6.92 Å². The summed E-state index contributed by atoms with van der Waals surface area (Å²) in [6, 6.07) is 12.7. The number of carbonyl (C=O) groups is 4. The van der Waals surface area contributed by atoms with Gasteiger partial charge in [0.2, 0.25) is 11.8 Å². The second kappa shape index (κ2) is 15.5. The predicted molar refractivity (Wildman–Crippen MR) is 209 cm³/mol. The molecule has 0 bridgehead atoms. The zero-order chi connectivity index (χ0) is 37.3. The minimum atomic E-state index is -0.459. The molecule has 54 heavy (non-hydrogen) atoms. The second-order valence-electron chi connectivity index (χ2n) is 16.1. The molecule has 2 amide bonds. The summed E-state index contributed by atoms with van der Waals surface area (Å²) in [4.78, 5) is 59.7. The van der Waals surface area contributed by atoms with E-state index in [4.69, 9.17) is 0 Å². The Kier molecular flexibility index (Phi) is 10.4. The molecular formula is C43H51N7O4. The van der Waals surface area contributed by atoms with Crippen molar-refractivity contribution in [3.8, 4) is 0 Å². The van der Waals surface area contributed by atoms with E-state index in [0.717, 1.165) is 96.1 Å². The Morgan fingerprint density at radius 3 is 2.33 bits per heavy atom. The lowest BCUT2D eigenvalue weighted by Crippen LogP contribution is -2.51. The number of Topliss-reactive ketones (excluding diaryl/α,β-unsaturated/α-hetero) is 2. The Labute approximate surface area is 316 Å². The Morgan fingerprint density at radius 2 is 1.59 bits per heavy atom. The maximum atomic E-state index is 14.4. The van der Waals surface area contributed by atoms with Gasteiger partial charge in [0.05, 0.1) is 17.6 Å². The predicted octanol–water partition coefficient (Wildman–Crippen LogP) is 5.36. The highest BCUT2D eigenvalue weighted by molar-refractivity contribution is 6.43. The second-order valence-corrected chi connectivity index (χ2v) is 16.1. The molecule has 0 unspecified atom stereocenters. The summed E-state index contributed by atoms with van der Waals surface area (Å²) in [5.41, 5.74) is 7.83. The van der Waals surface area contributed by atoms with Gasteiger partial charge in [-0.2, -0.15) is 15.3 Å². The number of fused-ring (bicyclic) bond motifs is 2. The van der Waals surface area contributed by atoms with Crippen molar-refractivity contribution in [2.75, 3.05) is 39.3 Å². The molecule has 3 fully saturated rings. The molecule has 3 saturated heterocycles. The summed E-state index contributed by atoms with van der Waals surface area (Å²) >= 11 is 0. The molecule has 4 aliphatic heterocycles. The maximum absolute atomic E-state index is 14.4. The SMILES string of the molecule is CC(=O)C1=NN=C(C2CCN(C3CCN(C(=O)[C@H](CC(=O)N4CCC(C5=Cc6ccccc6CC5=O)CC4)Cc4cc(C)c5[nH]ncc5c4)CC3)CC2)C1. The number of likely N-dealkylation sites (tertiary alicyclic amines) is 3. The number of amides is 2. The number of aromatic nitrogens is 2. The summed E-state index contributed by atoms with van der Waals surface area (Å²) in [6.07, 6.45) is 11.0. The Hall–Kier alpha value is -4.77. The van der Waals surface area contributed by atoms with E-state index in [0.29, 0.717) is 63.1 Å². The van der Waals surface area contributed by atoms with Crippen molar-refractivity contribution in [2.24, 2.45) is 28.0 Å². The van der Waals surface area contributed by atoms with E-state index in [9.17, 15) is 19.2 Å².